The molecule has 1 rings (SSSR count). The molecule has 6 heteroatoms. The largest absolute Gasteiger partial charge is 0.504 e. The zero-order chi connectivity index (χ0) is 13.7. The fourth-order valence-corrected chi connectivity index (χ4v) is 1.29. The van der Waals surface area contributed by atoms with Gasteiger partial charge in [-0.3, -0.25) is 4.79 Å². The number of carbonyl (C=O) groups excluding carboxylic acids is 2. The van der Waals surface area contributed by atoms with Crippen LogP contribution in [0.25, 0.3) is 0 Å². The Bertz CT molecular complexity index is 458. The summed E-state index contributed by atoms with van der Waals surface area (Å²) in [4.78, 5) is 22.3. The van der Waals surface area contributed by atoms with Gasteiger partial charge in [-0.2, -0.15) is 0 Å². The molecule has 0 aromatic heterocycles. The second-order valence-corrected chi connectivity index (χ2v) is 3.78. The first-order chi connectivity index (χ1) is 8.43. The van der Waals surface area contributed by atoms with E-state index < -0.39 is 18.0 Å². The summed E-state index contributed by atoms with van der Waals surface area (Å²) in [6.07, 6.45) is 0.197. The molecule has 18 heavy (non-hydrogen) atoms. The third kappa shape index (κ3) is 3.74. The number of aromatic hydroxyl groups is 2. The summed E-state index contributed by atoms with van der Waals surface area (Å²) in [5.41, 5.74) is 6.12. The Morgan fingerprint density at radius 3 is 2.56 bits per heavy atom. The highest BCUT2D eigenvalue weighted by Gasteiger charge is 2.18. The fourth-order valence-electron chi connectivity index (χ4n) is 1.29. The maximum absolute atomic E-state index is 11.4. The van der Waals surface area contributed by atoms with Gasteiger partial charge in [-0.1, -0.05) is 13.0 Å². The smallest absolute Gasteiger partial charge is 0.330 e. The first-order valence-electron chi connectivity index (χ1n) is 5.45. The molecule has 0 aliphatic rings. The van der Waals surface area contributed by atoms with E-state index in [0.29, 0.717) is 5.56 Å². The van der Waals surface area contributed by atoms with Crippen molar-refractivity contribution in [3.8, 4) is 11.5 Å². The second kappa shape index (κ2) is 6.02. The maximum Gasteiger partial charge on any atom is 0.330 e. The van der Waals surface area contributed by atoms with Gasteiger partial charge in [0.2, 0.25) is 0 Å². The zero-order valence-electron chi connectivity index (χ0n) is 9.92. The number of benzene rings is 1. The molecule has 0 bridgehead atoms. The molecule has 0 heterocycles. The number of ether oxygens (including phenoxy) is 1. The molecule has 4 N–H and O–H groups in total. The number of rotatable bonds is 4. The van der Waals surface area contributed by atoms with E-state index in [2.05, 4.69) is 4.74 Å². The van der Waals surface area contributed by atoms with Crippen LogP contribution in [0.1, 0.15) is 18.9 Å². The monoisotopic (exact) mass is 253 g/mol. The Hall–Kier alpha value is -2.08. The van der Waals surface area contributed by atoms with Crippen molar-refractivity contribution in [1.82, 2.24) is 0 Å². The van der Waals surface area contributed by atoms with Crippen LogP contribution in [0.3, 0.4) is 0 Å². The molecule has 0 saturated heterocycles. The summed E-state index contributed by atoms with van der Waals surface area (Å²) in [5.74, 6) is -1.99. The van der Waals surface area contributed by atoms with Crippen LogP contribution in [-0.4, -0.2) is 28.2 Å². The molecule has 98 valence electrons. The van der Waals surface area contributed by atoms with E-state index in [9.17, 15) is 14.7 Å². The zero-order valence-corrected chi connectivity index (χ0v) is 9.92. The van der Waals surface area contributed by atoms with E-state index in [0.717, 1.165) is 0 Å². The summed E-state index contributed by atoms with van der Waals surface area (Å²) in [7, 11) is 0. The Labute approximate surface area is 104 Å². The minimum Gasteiger partial charge on any atom is -0.504 e. The summed E-state index contributed by atoms with van der Waals surface area (Å²) in [5, 5.41) is 18.4. The molecule has 0 unspecified atom stereocenters. The standard InChI is InChI=1S/C12H15NO5/c1-2-11(16)18-12(17)8(13)5-7-3-4-9(14)10(15)6-7/h3-4,6,8,14-15H,2,5,13H2,1H3/t8-/m0/s1. The van der Waals surface area contributed by atoms with Crippen LogP contribution in [0.5, 0.6) is 11.5 Å². The van der Waals surface area contributed by atoms with Crippen LogP contribution >= 0.6 is 0 Å². The van der Waals surface area contributed by atoms with Gasteiger partial charge in [0.05, 0.1) is 0 Å². The molecular formula is C12H15NO5. The van der Waals surface area contributed by atoms with Crippen molar-refractivity contribution >= 4 is 11.9 Å². The second-order valence-electron chi connectivity index (χ2n) is 3.78. The lowest BCUT2D eigenvalue weighted by Gasteiger charge is -2.10. The molecule has 1 aromatic carbocycles. The molecule has 1 aromatic rings. The van der Waals surface area contributed by atoms with Crippen LogP contribution in [0, 0.1) is 0 Å². The minimum atomic E-state index is -0.996. The molecule has 0 radical (unpaired) electrons. The molecule has 0 amide bonds. The number of carbonyl (C=O) groups is 2. The Morgan fingerprint density at radius 1 is 1.33 bits per heavy atom. The Balaban J connectivity index is 2.63. The van der Waals surface area contributed by atoms with Crippen molar-refractivity contribution in [2.24, 2.45) is 5.73 Å². The topological polar surface area (TPSA) is 110 Å². The molecule has 0 aliphatic carbocycles. The van der Waals surface area contributed by atoms with Crippen LogP contribution in [0.4, 0.5) is 0 Å². The van der Waals surface area contributed by atoms with Crippen molar-refractivity contribution in [3.05, 3.63) is 23.8 Å². The molecule has 6 nitrogen and oxygen atoms in total. The lowest BCUT2D eigenvalue weighted by molar-refractivity contribution is -0.160. The number of esters is 2. The molecule has 0 fully saturated rings. The minimum absolute atomic E-state index is 0.0957. The summed E-state index contributed by atoms with van der Waals surface area (Å²) in [6, 6.07) is 3.11. The molecule has 0 spiro atoms. The van der Waals surface area contributed by atoms with Gasteiger partial charge in [-0.25, -0.2) is 4.79 Å². The average molecular weight is 253 g/mol. The van der Waals surface area contributed by atoms with Crippen LogP contribution in [-0.2, 0) is 20.7 Å². The highest BCUT2D eigenvalue weighted by Crippen LogP contribution is 2.25. The lowest BCUT2D eigenvalue weighted by Crippen LogP contribution is -2.35. The molecular weight excluding hydrogens is 238 g/mol. The molecule has 1 atom stereocenters. The Morgan fingerprint density at radius 2 is 2.00 bits per heavy atom. The summed E-state index contributed by atoms with van der Waals surface area (Å²) in [6.45, 7) is 1.57. The van der Waals surface area contributed by atoms with E-state index in [1.807, 2.05) is 0 Å². The first-order valence-corrected chi connectivity index (χ1v) is 5.45. The third-order valence-corrected chi connectivity index (χ3v) is 2.30. The predicted octanol–water partition coefficient (Wildman–Crippen LogP) is 0.447. The van der Waals surface area contributed by atoms with E-state index in [-0.39, 0.29) is 24.3 Å². The van der Waals surface area contributed by atoms with Crippen molar-refractivity contribution in [1.29, 1.82) is 0 Å². The van der Waals surface area contributed by atoms with Gasteiger partial charge < -0.3 is 20.7 Å². The first kappa shape index (κ1) is 14.0. The van der Waals surface area contributed by atoms with E-state index in [1.54, 1.807) is 6.92 Å². The van der Waals surface area contributed by atoms with Gasteiger partial charge in [0.15, 0.2) is 11.5 Å². The van der Waals surface area contributed by atoms with Crippen molar-refractivity contribution < 1.29 is 24.5 Å². The van der Waals surface area contributed by atoms with Gasteiger partial charge in [0, 0.05) is 6.42 Å². The number of nitrogens with two attached hydrogens (primary N) is 1. The van der Waals surface area contributed by atoms with E-state index in [4.69, 9.17) is 10.8 Å². The molecule has 0 saturated carbocycles. The SMILES string of the molecule is CCC(=O)OC(=O)[C@@H](N)Cc1ccc(O)c(O)c1. The highest BCUT2D eigenvalue weighted by atomic mass is 16.6. The van der Waals surface area contributed by atoms with Gasteiger partial charge >= 0.3 is 11.9 Å². The summed E-state index contributed by atoms with van der Waals surface area (Å²) >= 11 is 0. The van der Waals surface area contributed by atoms with Crippen LogP contribution in [0.15, 0.2) is 18.2 Å². The number of phenols is 2. The normalized spacial score (nSPS) is 11.9. The number of phenolic OH excluding ortho intramolecular Hbond substituents is 2. The van der Waals surface area contributed by atoms with E-state index in [1.165, 1.54) is 18.2 Å². The average Bonchev–Trinajstić information content (AvgIpc) is 2.33. The van der Waals surface area contributed by atoms with Crippen LogP contribution in [0.2, 0.25) is 0 Å². The summed E-state index contributed by atoms with van der Waals surface area (Å²) < 4.78 is 4.47. The van der Waals surface area contributed by atoms with Gasteiger partial charge in [-0.15, -0.1) is 0 Å². The van der Waals surface area contributed by atoms with Gasteiger partial charge in [0.25, 0.3) is 0 Å². The van der Waals surface area contributed by atoms with Gasteiger partial charge in [-0.05, 0) is 24.1 Å². The highest BCUT2D eigenvalue weighted by molar-refractivity contribution is 5.88. The van der Waals surface area contributed by atoms with Crippen molar-refractivity contribution in [2.75, 3.05) is 0 Å². The number of hydrogen-bond acceptors (Lipinski definition) is 6. The predicted molar refractivity (Wildman–Crippen MR) is 62.8 cm³/mol. The van der Waals surface area contributed by atoms with Crippen molar-refractivity contribution in [2.45, 2.75) is 25.8 Å². The van der Waals surface area contributed by atoms with Gasteiger partial charge in [0.1, 0.15) is 6.04 Å². The van der Waals surface area contributed by atoms with Crippen molar-refractivity contribution in [3.63, 3.8) is 0 Å². The maximum atomic E-state index is 11.4. The third-order valence-electron chi connectivity index (χ3n) is 2.30. The fraction of sp³-hybridized carbons (Fsp3) is 0.333. The molecule has 0 aliphatic heterocycles. The van der Waals surface area contributed by atoms with E-state index >= 15 is 0 Å². The number of hydrogen-bond donors (Lipinski definition) is 3. The Kier molecular flexibility index (Phi) is 4.67. The lowest BCUT2D eigenvalue weighted by atomic mass is 10.1. The van der Waals surface area contributed by atoms with Crippen LogP contribution < -0.4 is 5.73 Å². The quantitative estimate of drug-likeness (QED) is 0.408.